The highest BCUT2D eigenvalue weighted by Gasteiger charge is 2.20. The summed E-state index contributed by atoms with van der Waals surface area (Å²) in [7, 11) is 0. The number of anilines is 3. The Morgan fingerprint density at radius 2 is 1.17 bits per heavy atom. The number of oxazole rings is 1. The normalized spacial score (nSPS) is 11.8. The second kappa shape index (κ2) is 10.7. The van der Waals surface area contributed by atoms with E-state index in [2.05, 4.69) is 126 Å². The molecule has 3 heterocycles. The summed E-state index contributed by atoms with van der Waals surface area (Å²) >= 11 is 1.83. The summed E-state index contributed by atoms with van der Waals surface area (Å²) in [6.45, 7) is 0. The van der Waals surface area contributed by atoms with Gasteiger partial charge in [-0.2, -0.15) is 0 Å². The number of benzene rings is 7. The Hall–Kier alpha value is -6.17. The number of para-hydroxylation sites is 2. The number of hydrogen-bond donors (Lipinski definition) is 0. The van der Waals surface area contributed by atoms with Crippen LogP contribution in [0.15, 0.2) is 167 Å². The van der Waals surface area contributed by atoms with Gasteiger partial charge in [0.15, 0.2) is 5.58 Å². The first-order valence-corrected chi connectivity index (χ1v) is 16.8. The average Bonchev–Trinajstić information content (AvgIpc) is 3.85. The second-order valence-electron chi connectivity index (χ2n) is 12.0. The third kappa shape index (κ3) is 4.33. The summed E-state index contributed by atoms with van der Waals surface area (Å²) in [6, 6.07) is 55.1. The van der Waals surface area contributed by atoms with Gasteiger partial charge in [0.1, 0.15) is 16.7 Å². The first-order valence-electron chi connectivity index (χ1n) is 15.9. The lowest BCUT2D eigenvalue weighted by Crippen LogP contribution is -2.09. The van der Waals surface area contributed by atoms with Gasteiger partial charge in [0.05, 0.1) is 0 Å². The number of nitrogens with zero attached hydrogens (tertiary/aromatic N) is 2. The largest absolute Gasteiger partial charge is 0.456 e. The third-order valence-electron chi connectivity index (χ3n) is 9.10. The van der Waals surface area contributed by atoms with Crippen molar-refractivity contribution >= 4 is 81.6 Å². The molecule has 4 nitrogen and oxygen atoms in total. The van der Waals surface area contributed by atoms with Gasteiger partial charge in [0, 0.05) is 59.6 Å². The van der Waals surface area contributed by atoms with E-state index in [0.29, 0.717) is 5.89 Å². The predicted molar refractivity (Wildman–Crippen MR) is 200 cm³/mol. The van der Waals surface area contributed by atoms with Crippen LogP contribution in [0, 0.1) is 0 Å². The van der Waals surface area contributed by atoms with Crippen LogP contribution in [0.4, 0.5) is 17.1 Å². The zero-order chi connectivity index (χ0) is 31.6. The van der Waals surface area contributed by atoms with Gasteiger partial charge in [0.25, 0.3) is 0 Å². The number of thiophene rings is 1. The fourth-order valence-electron chi connectivity index (χ4n) is 6.88. The quantitative estimate of drug-likeness (QED) is 0.189. The van der Waals surface area contributed by atoms with Crippen molar-refractivity contribution < 1.29 is 8.83 Å². The molecule has 48 heavy (non-hydrogen) atoms. The molecule has 0 amide bonds. The molecule has 7 aromatic carbocycles. The van der Waals surface area contributed by atoms with Crippen molar-refractivity contribution in [2.75, 3.05) is 4.90 Å². The van der Waals surface area contributed by atoms with Gasteiger partial charge in [-0.3, -0.25) is 0 Å². The van der Waals surface area contributed by atoms with Gasteiger partial charge in [0.2, 0.25) is 5.89 Å². The molecule has 5 heteroatoms. The number of hydrogen-bond acceptors (Lipinski definition) is 5. The average molecular weight is 635 g/mol. The minimum absolute atomic E-state index is 0.588. The van der Waals surface area contributed by atoms with E-state index in [4.69, 9.17) is 13.8 Å². The van der Waals surface area contributed by atoms with E-state index in [1.54, 1.807) is 0 Å². The lowest BCUT2D eigenvalue weighted by Gasteiger charge is -2.26. The van der Waals surface area contributed by atoms with E-state index in [0.717, 1.165) is 61.2 Å². The molecule has 0 saturated carbocycles. The van der Waals surface area contributed by atoms with E-state index in [1.165, 1.54) is 25.7 Å². The molecule has 0 aliphatic heterocycles. The monoisotopic (exact) mass is 634 g/mol. The summed E-state index contributed by atoms with van der Waals surface area (Å²) in [6.07, 6.45) is 0. The number of fused-ring (bicyclic) bond motifs is 7. The third-order valence-corrected chi connectivity index (χ3v) is 10.2. The maximum absolute atomic E-state index is 6.56. The molecule has 10 rings (SSSR count). The first-order chi connectivity index (χ1) is 23.8. The fraction of sp³-hybridized carbons (Fsp3) is 0. The minimum Gasteiger partial charge on any atom is -0.456 e. The van der Waals surface area contributed by atoms with Crippen LogP contribution in [-0.4, -0.2) is 4.98 Å². The maximum atomic E-state index is 6.56. The molecule has 0 aliphatic rings. The number of rotatable bonds is 5. The lowest BCUT2D eigenvalue weighted by molar-refractivity contribution is 0.620. The summed E-state index contributed by atoms with van der Waals surface area (Å²) in [5.41, 5.74) is 9.62. The van der Waals surface area contributed by atoms with Crippen molar-refractivity contribution in [2.24, 2.45) is 0 Å². The lowest BCUT2D eigenvalue weighted by atomic mass is 10.0. The highest BCUT2D eigenvalue weighted by Crippen LogP contribution is 2.44. The van der Waals surface area contributed by atoms with Crippen molar-refractivity contribution in [1.82, 2.24) is 4.98 Å². The van der Waals surface area contributed by atoms with Gasteiger partial charge < -0.3 is 13.7 Å². The van der Waals surface area contributed by atoms with E-state index >= 15 is 0 Å². The highest BCUT2D eigenvalue weighted by molar-refractivity contribution is 7.25. The molecule has 0 N–H and O–H groups in total. The molecule has 0 unspecified atom stereocenters. The molecule has 10 aromatic rings. The molecule has 0 aliphatic carbocycles. The first kappa shape index (κ1) is 27.0. The molecule has 0 saturated heterocycles. The van der Waals surface area contributed by atoms with Crippen LogP contribution in [0.3, 0.4) is 0 Å². The molecule has 0 atom stereocenters. The standard InChI is InChI=1S/C43H26N2O2S/c1-2-10-27(11-3-1)28-12-8-13-29(24-28)45(31-20-22-33-32-14-4-7-19-40(32)48-41(33)26-31)30-21-23-34-39(25-30)46-38-18-9-15-35(42(34)38)43-44-36-16-5-6-17-37(36)47-43/h1-26H. The van der Waals surface area contributed by atoms with Crippen LogP contribution in [-0.2, 0) is 0 Å². The van der Waals surface area contributed by atoms with Crippen LogP contribution in [0.1, 0.15) is 0 Å². The Balaban J connectivity index is 1.16. The zero-order valence-electron chi connectivity index (χ0n) is 25.6. The zero-order valence-corrected chi connectivity index (χ0v) is 26.4. The van der Waals surface area contributed by atoms with E-state index in [-0.39, 0.29) is 0 Å². The minimum atomic E-state index is 0.588. The van der Waals surface area contributed by atoms with Crippen LogP contribution in [0.2, 0.25) is 0 Å². The molecule has 0 bridgehead atoms. The summed E-state index contributed by atoms with van der Waals surface area (Å²) in [5, 5.41) is 4.58. The Bertz CT molecular complexity index is 2780. The Morgan fingerprint density at radius 1 is 0.458 bits per heavy atom. The summed E-state index contributed by atoms with van der Waals surface area (Å²) in [5.74, 6) is 0.588. The Kier molecular flexibility index (Phi) is 6.01. The molecule has 0 radical (unpaired) electrons. The number of aromatic nitrogens is 1. The van der Waals surface area contributed by atoms with Crippen molar-refractivity contribution in [2.45, 2.75) is 0 Å². The predicted octanol–water partition coefficient (Wildman–Crippen LogP) is 12.9. The van der Waals surface area contributed by atoms with Gasteiger partial charge in [-0.25, -0.2) is 4.98 Å². The van der Waals surface area contributed by atoms with E-state index < -0.39 is 0 Å². The SMILES string of the molecule is c1ccc(-c2cccc(N(c3ccc4c(c3)oc3cccc(-c5nc6ccccc6o5)c34)c3ccc4c(c3)sc3ccccc34)c2)cc1. The molecule has 0 fully saturated rings. The molecular formula is C43H26N2O2S. The van der Waals surface area contributed by atoms with Gasteiger partial charge >= 0.3 is 0 Å². The van der Waals surface area contributed by atoms with Crippen molar-refractivity contribution in [3.05, 3.63) is 158 Å². The van der Waals surface area contributed by atoms with Crippen molar-refractivity contribution in [3.8, 4) is 22.6 Å². The highest BCUT2D eigenvalue weighted by atomic mass is 32.1. The molecule has 3 aromatic heterocycles. The Morgan fingerprint density at radius 3 is 2.08 bits per heavy atom. The maximum Gasteiger partial charge on any atom is 0.228 e. The number of furan rings is 1. The second-order valence-corrected chi connectivity index (χ2v) is 13.1. The Labute approximate surface area is 279 Å². The fourth-order valence-corrected chi connectivity index (χ4v) is 8.01. The van der Waals surface area contributed by atoms with Crippen LogP contribution < -0.4 is 4.90 Å². The van der Waals surface area contributed by atoms with E-state index in [1.807, 2.05) is 47.7 Å². The van der Waals surface area contributed by atoms with Crippen LogP contribution in [0.25, 0.3) is 75.8 Å². The van der Waals surface area contributed by atoms with Gasteiger partial charge in [-0.05, 0) is 77.9 Å². The molecule has 0 spiro atoms. The van der Waals surface area contributed by atoms with Crippen molar-refractivity contribution in [3.63, 3.8) is 0 Å². The molecule has 226 valence electrons. The molecular weight excluding hydrogens is 609 g/mol. The van der Waals surface area contributed by atoms with E-state index in [9.17, 15) is 0 Å². The van der Waals surface area contributed by atoms with Crippen LogP contribution in [0.5, 0.6) is 0 Å². The summed E-state index contributed by atoms with van der Waals surface area (Å²) < 4.78 is 15.3. The van der Waals surface area contributed by atoms with Gasteiger partial charge in [-0.1, -0.05) is 84.9 Å². The topological polar surface area (TPSA) is 42.4 Å². The van der Waals surface area contributed by atoms with Gasteiger partial charge in [-0.15, -0.1) is 11.3 Å². The summed E-state index contributed by atoms with van der Waals surface area (Å²) in [4.78, 5) is 7.13. The van der Waals surface area contributed by atoms with Crippen LogP contribution >= 0.6 is 11.3 Å². The van der Waals surface area contributed by atoms with Crippen molar-refractivity contribution in [1.29, 1.82) is 0 Å². The smallest absolute Gasteiger partial charge is 0.228 e.